The van der Waals surface area contributed by atoms with E-state index in [9.17, 15) is 4.79 Å². The van der Waals surface area contributed by atoms with E-state index >= 15 is 0 Å². The van der Waals surface area contributed by atoms with Crippen molar-refractivity contribution < 1.29 is 9.53 Å². The van der Waals surface area contributed by atoms with Crippen LogP contribution in [0, 0.1) is 18.8 Å². The fraction of sp³-hybridized carbons (Fsp3) is 0.233. The van der Waals surface area contributed by atoms with Crippen LogP contribution in [0.4, 0.5) is 5.82 Å². The molecule has 4 aromatic heterocycles. The van der Waals surface area contributed by atoms with Crippen molar-refractivity contribution >= 4 is 22.8 Å². The van der Waals surface area contributed by atoms with Crippen LogP contribution in [0.1, 0.15) is 25.1 Å². The molecule has 5 heterocycles. The molecule has 0 aliphatic carbocycles. The molecule has 200 valence electrons. The molecule has 6 rings (SSSR count). The van der Waals surface area contributed by atoms with E-state index in [4.69, 9.17) is 10.5 Å². The zero-order chi connectivity index (χ0) is 27.8. The summed E-state index contributed by atoms with van der Waals surface area (Å²) in [6.07, 6.45) is 6.16. The zero-order valence-electron chi connectivity index (χ0n) is 22.5. The Morgan fingerprint density at radius 2 is 1.95 bits per heavy atom. The van der Waals surface area contributed by atoms with Gasteiger partial charge in [0, 0.05) is 49.2 Å². The number of hydrogen-bond donors (Lipinski definition) is 1. The monoisotopic (exact) mass is 532 g/mol. The van der Waals surface area contributed by atoms with Crippen LogP contribution in [0.2, 0.25) is 0 Å². The van der Waals surface area contributed by atoms with Crippen molar-refractivity contribution in [1.82, 2.24) is 34.2 Å². The highest BCUT2D eigenvalue weighted by atomic mass is 16.5. The Morgan fingerprint density at radius 3 is 2.73 bits per heavy atom. The number of carbonyl (C=O) groups is 1. The average Bonchev–Trinajstić information content (AvgIpc) is 3.68. The Kier molecular flexibility index (Phi) is 6.40. The number of fused-ring (bicyclic) bond motifs is 1. The van der Waals surface area contributed by atoms with Gasteiger partial charge in [-0.15, -0.1) is 0 Å². The molecule has 0 spiro atoms. The molecule has 10 nitrogen and oxygen atoms in total. The van der Waals surface area contributed by atoms with Gasteiger partial charge in [0.2, 0.25) is 5.88 Å². The molecule has 1 amide bonds. The van der Waals surface area contributed by atoms with Crippen LogP contribution >= 0.6 is 0 Å². The zero-order valence-corrected chi connectivity index (χ0v) is 22.5. The van der Waals surface area contributed by atoms with Gasteiger partial charge in [0.25, 0.3) is 5.91 Å². The molecule has 0 bridgehead atoms. The fourth-order valence-corrected chi connectivity index (χ4v) is 5.27. The number of nitrogens with zero attached hydrogens (tertiary/aromatic N) is 7. The largest absolute Gasteiger partial charge is 0.439 e. The van der Waals surface area contributed by atoms with Gasteiger partial charge in [0.05, 0.1) is 23.3 Å². The van der Waals surface area contributed by atoms with E-state index in [1.54, 1.807) is 11.8 Å². The van der Waals surface area contributed by atoms with Gasteiger partial charge in [-0.2, -0.15) is 5.10 Å². The average molecular weight is 533 g/mol. The van der Waals surface area contributed by atoms with E-state index in [0.29, 0.717) is 30.5 Å². The van der Waals surface area contributed by atoms with Crippen molar-refractivity contribution in [3.05, 3.63) is 66.9 Å². The second-order valence-electron chi connectivity index (χ2n) is 9.76. The van der Waals surface area contributed by atoms with Crippen LogP contribution in [0.15, 0.2) is 61.2 Å². The maximum atomic E-state index is 12.2. The van der Waals surface area contributed by atoms with Crippen LogP contribution in [0.25, 0.3) is 33.4 Å². The number of ether oxygens (including phenoxy) is 1. The molecule has 40 heavy (non-hydrogen) atoms. The summed E-state index contributed by atoms with van der Waals surface area (Å²) in [5, 5.41) is 5.46. The van der Waals surface area contributed by atoms with Crippen molar-refractivity contribution in [2.75, 3.05) is 18.8 Å². The highest BCUT2D eigenvalue weighted by Gasteiger charge is 2.28. The lowest BCUT2D eigenvalue weighted by atomic mass is 10.00. The Morgan fingerprint density at radius 1 is 1.12 bits per heavy atom. The minimum Gasteiger partial charge on any atom is -0.439 e. The first-order chi connectivity index (χ1) is 19.4. The minimum atomic E-state index is -0.145. The lowest BCUT2D eigenvalue weighted by Gasteiger charge is -2.13. The van der Waals surface area contributed by atoms with Crippen molar-refractivity contribution in [2.45, 2.75) is 26.3 Å². The molecule has 1 fully saturated rings. The van der Waals surface area contributed by atoms with Crippen LogP contribution < -0.4 is 10.5 Å². The number of nitrogens with two attached hydrogens (primary N) is 1. The number of carbonyl (C=O) groups excluding carboxylic acids is 1. The molecule has 10 heteroatoms. The van der Waals surface area contributed by atoms with E-state index in [2.05, 4.69) is 31.9 Å². The maximum absolute atomic E-state index is 12.2. The topological polar surface area (TPSA) is 117 Å². The number of benzene rings is 1. The first-order valence-corrected chi connectivity index (χ1v) is 13.0. The smallest absolute Gasteiger partial charge is 0.298 e. The summed E-state index contributed by atoms with van der Waals surface area (Å²) >= 11 is 0. The third-order valence-corrected chi connectivity index (χ3v) is 7.16. The van der Waals surface area contributed by atoms with E-state index in [1.165, 1.54) is 6.33 Å². The molecule has 1 atom stereocenters. The Labute approximate surface area is 231 Å². The molecule has 0 saturated carbocycles. The Balaban J connectivity index is 1.38. The molecule has 5 aromatic rings. The summed E-state index contributed by atoms with van der Waals surface area (Å²) in [4.78, 5) is 27.3. The molecule has 1 saturated heterocycles. The number of aryl methyl sites for hydroxylation is 2. The van der Waals surface area contributed by atoms with Gasteiger partial charge >= 0.3 is 0 Å². The second kappa shape index (κ2) is 10.2. The number of anilines is 1. The SMILES string of the molecule is CC#CC(=O)N1CCC(n2cc(-c3c(-c4ccc(Oc5cccc(C)n5)cc4)c4c(N)ncnc4n3C)cn2)C1. The van der Waals surface area contributed by atoms with Crippen LogP contribution in [0.5, 0.6) is 11.6 Å². The maximum Gasteiger partial charge on any atom is 0.298 e. The summed E-state index contributed by atoms with van der Waals surface area (Å²) in [6.45, 7) is 4.83. The number of pyridine rings is 1. The fourth-order valence-electron chi connectivity index (χ4n) is 5.27. The summed E-state index contributed by atoms with van der Waals surface area (Å²) < 4.78 is 9.92. The van der Waals surface area contributed by atoms with Gasteiger partial charge in [-0.1, -0.05) is 24.1 Å². The van der Waals surface area contributed by atoms with Crippen molar-refractivity contribution in [1.29, 1.82) is 0 Å². The predicted octanol–water partition coefficient (Wildman–Crippen LogP) is 4.37. The molecule has 1 aliphatic rings. The standard InChI is InChI=1S/C30H28N8O2/c1-4-6-25(39)37-14-13-22(17-37)38-16-21(15-34-38)28-26(27-29(31)32-18-33-30(27)36(28)3)20-9-11-23(12-10-20)40-24-8-5-7-19(2)35-24/h5,7-12,15-16,18,22H,13-14,17H2,1-3H3,(H2,31,32,33). The third kappa shape index (κ3) is 4.52. The number of likely N-dealkylation sites (tertiary alicyclic amines) is 1. The number of aromatic nitrogens is 6. The lowest BCUT2D eigenvalue weighted by molar-refractivity contribution is -0.124. The van der Waals surface area contributed by atoms with E-state index < -0.39 is 0 Å². The highest BCUT2D eigenvalue weighted by molar-refractivity contribution is 6.07. The molecular weight excluding hydrogens is 504 g/mol. The summed E-state index contributed by atoms with van der Waals surface area (Å²) in [7, 11) is 1.96. The first-order valence-electron chi connectivity index (χ1n) is 13.0. The van der Waals surface area contributed by atoms with Gasteiger partial charge in [-0.3, -0.25) is 9.48 Å². The molecule has 1 aromatic carbocycles. The van der Waals surface area contributed by atoms with Crippen LogP contribution in [-0.4, -0.2) is 53.2 Å². The number of nitrogen functional groups attached to an aromatic ring is 1. The summed E-state index contributed by atoms with van der Waals surface area (Å²) in [5.74, 6) is 6.79. The highest BCUT2D eigenvalue weighted by Crippen LogP contribution is 2.42. The number of hydrogen-bond acceptors (Lipinski definition) is 7. The van der Waals surface area contributed by atoms with Gasteiger partial charge in [0.15, 0.2) is 0 Å². The summed E-state index contributed by atoms with van der Waals surface area (Å²) in [5.41, 5.74) is 11.7. The van der Waals surface area contributed by atoms with Gasteiger partial charge in [-0.05, 0) is 50.0 Å². The van der Waals surface area contributed by atoms with Crippen LogP contribution in [-0.2, 0) is 11.8 Å². The summed E-state index contributed by atoms with van der Waals surface area (Å²) in [6, 6.07) is 13.6. The second-order valence-corrected chi connectivity index (χ2v) is 9.76. The Bertz CT molecular complexity index is 1790. The van der Waals surface area contributed by atoms with E-state index in [1.807, 2.05) is 78.1 Å². The van der Waals surface area contributed by atoms with Crippen molar-refractivity contribution in [3.8, 4) is 45.9 Å². The lowest BCUT2D eigenvalue weighted by Crippen LogP contribution is -2.27. The quantitative estimate of drug-likeness (QED) is 0.334. The molecule has 0 radical (unpaired) electrons. The Hall–Kier alpha value is -5.17. The van der Waals surface area contributed by atoms with Crippen molar-refractivity contribution in [3.63, 3.8) is 0 Å². The normalized spacial score (nSPS) is 14.8. The third-order valence-electron chi connectivity index (χ3n) is 7.16. The molecular formula is C30H28N8O2. The molecule has 2 N–H and O–H groups in total. The van der Waals surface area contributed by atoms with E-state index in [-0.39, 0.29) is 11.9 Å². The van der Waals surface area contributed by atoms with Gasteiger partial charge in [-0.25, -0.2) is 15.0 Å². The van der Waals surface area contributed by atoms with E-state index in [0.717, 1.165) is 45.5 Å². The molecule has 1 aliphatic heterocycles. The first kappa shape index (κ1) is 25.1. The minimum absolute atomic E-state index is 0.0750. The van der Waals surface area contributed by atoms with Crippen LogP contribution in [0.3, 0.4) is 0 Å². The number of amides is 1. The predicted molar refractivity (Wildman–Crippen MR) is 152 cm³/mol. The molecule has 1 unspecified atom stereocenters. The van der Waals surface area contributed by atoms with Gasteiger partial charge in [0.1, 0.15) is 23.5 Å². The van der Waals surface area contributed by atoms with Gasteiger partial charge < -0.3 is 19.9 Å². The number of rotatable bonds is 5. The van der Waals surface area contributed by atoms with Crippen molar-refractivity contribution in [2.24, 2.45) is 7.05 Å².